The topological polar surface area (TPSA) is 100 Å². The predicted octanol–water partition coefficient (Wildman–Crippen LogP) is 0.905. The van der Waals surface area contributed by atoms with Gasteiger partial charge < -0.3 is 25.9 Å². The van der Waals surface area contributed by atoms with Gasteiger partial charge in [0, 0.05) is 14.1 Å². The minimum atomic E-state index is -0.269. The summed E-state index contributed by atoms with van der Waals surface area (Å²) in [6.45, 7) is -0.0641. The molecule has 98 valence electrons. The van der Waals surface area contributed by atoms with E-state index in [4.69, 9.17) is 15.7 Å². The molecule has 0 saturated carbocycles. The van der Waals surface area contributed by atoms with Gasteiger partial charge in [0.05, 0.1) is 5.69 Å². The van der Waals surface area contributed by atoms with E-state index >= 15 is 0 Å². The number of amides is 2. The lowest BCUT2D eigenvalue weighted by molar-refractivity contribution is 0.230. The number of hydrogen-bond donors (Lipinski definition) is 3. The first-order valence-electron chi connectivity index (χ1n) is 5.21. The molecule has 0 unspecified atom stereocenters. The van der Waals surface area contributed by atoms with E-state index in [1.54, 1.807) is 38.4 Å². The highest BCUT2D eigenvalue weighted by atomic mass is 16.5. The molecule has 0 aliphatic rings. The van der Waals surface area contributed by atoms with Crippen molar-refractivity contribution in [2.45, 2.75) is 0 Å². The summed E-state index contributed by atoms with van der Waals surface area (Å²) < 4.78 is 5.32. The number of anilines is 1. The Morgan fingerprint density at radius 1 is 1.50 bits per heavy atom. The maximum Gasteiger partial charge on any atom is 0.321 e. The molecule has 7 heteroatoms. The first-order chi connectivity index (χ1) is 8.54. The Hall–Kier alpha value is -2.44. The normalized spacial score (nSPS) is 10.9. The number of benzene rings is 1. The SMILES string of the molecule is CN(C)C(=O)Nc1ccccc1OCC(N)=NO. The molecule has 0 aliphatic carbocycles. The number of nitrogens with one attached hydrogen (secondary N) is 1. The standard InChI is InChI=1S/C11H16N4O3/c1-15(2)11(16)13-8-5-3-4-6-9(8)18-7-10(12)14-17/h3-6,17H,7H2,1-2H3,(H2,12,14)(H,13,16). The van der Waals surface area contributed by atoms with Crippen molar-refractivity contribution >= 4 is 17.6 Å². The molecule has 0 atom stereocenters. The molecule has 0 aromatic heterocycles. The molecular formula is C11H16N4O3. The molecular weight excluding hydrogens is 236 g/mol. The minimum absolute atomic E-state index is 0.0521. The van der Waals surface area contributed by atoms with Crippen LogP contribution >= 0.6 is 0 Å². The lowest BCUT2D eigenvalue weighted by atomic mass is 10.3. The lowest BCUT2D eigenvalue weighted by Gasteiger charge is -2.15. The van der Waals surface area contributed by atoms with Crippen molar-refractivity contribution in [1.29, 1.82) is 0 Å². The highest BCUT2D eigenvalue weighted by molar-refractivity contribution is 5.90. The number of rotatable bonds is 4. The first-order valence-corrected chi connectivity index (χ1v) is 5.21. The monoisotopic (exact) mass is 252 g/mol. The van der Waals surface area contributed by atoms with Crippen LogP contribution in [0.4, 0.5) is 10.5 Å². The number of carbonyl (C=O) groups is 1. The third-order valence-corrected chi connectivity index (χ3v) is 2.04. The van der Waals surface area contributed by atoms with E-state index in [-0.39, 0.29) is 18.5 Å². The number of ether oxygens (including phenoxy) is 1. The molecule has 1 aromatic carbocycles. The van der Waals surface area contributed by atoms with Gasteiger partial charge in [0.1, 0.15) is 12.4 Å². The van der Waals surface area contributed by atoms with Crippen LogP contribution in [0.2, 0.25) is 0 Å². The van der Waals surface area contributed by atoms with Gasteiger partial charge in [-0.25, -0.2) is 4.79 Å². The zero-order valence-electron chi connectivity index (χ0n) is 10.3. The molecule has 2 amide bonds. The van der Waals surface area contributed by atoms with Crippen molar-refractivity contribution in [3.8, 4) is 5.75 Å². The van der Waals surface area contributed by atoms with Crippen LogP contribution in [0.3, 0.4) is 0 Å². The third kappa shape index (κ3) is 3.85. The van der Waals surface area contributed by atoms with E-state index in [0.29, 0.717) is 11.4 Å². The molecule has 0 radical (unpaired) electrons. The third-order valence-electron chi connectivity index (χ3n) is 2.04. The molecule has 4 N–H and O–H groups in total. The summed E-state index contributed by atoms with van der Waals surface area (Å²) in [7, 11) is 3.27. The number of nitrogens with zero attached hydrogens (tertiary/aromatic N) is 2. The molecule has 1 rings (SSSR count). The second-order valence-electron chi connectivity index (χ2n) is 3.70. The van der Waals surface area contributed by atoms with E-state index in [1.807, 2.05) is 0 Å². The molecule has 7 nitrogen and oxygen atoms in total. The van der Waals surface area contributed by atoms with Gasteiger partial charge in [0.2, 0.25) is 0 Å². The Morgan fingerprint density at radius 3 is 2.78 bits per heavy atom. The Balaban J connectivity index is 2.76. The van der Waals surface area contributed by atoms with Crippen molar-refractivity contribution in [2.75, 3.05) is 26.0 Å². The van der Waals surface area contributed by atoms with Crippen LogP contribution in [0.15, 0.2) is 29.4 Å². The molecule has 0 spiro atoms. The predicted molar refractivity (Wildman–Crippen MR) is 68.1 cm³/mol. The summed E-state index contributed by atoms with van der Waals surface area (Å²) in [4.78, 5) is 12.9. The van der Waals surface area contributed by atoms with Crippen molar-refractivity contribution in [3.05, 3.63) is 24.3 Å². The second kappa shape index (κ2) is 6.33. The molecule has 18 heavy (non-hydrogen) atoms. The quantitative estimate of drug-likeness (QED) is 0.321. The maximum atomic E-state index is 11.5. The van der Waals surface area contributed by atoms with Crippen molar-refractivity contribution in [1.82, 2.24) is 4.90 Å². The van der Waals surface area contributed by atoms with Gasteiger partial charge in [-0.2, -0.15) is 0 Å². The fourth-order valence-corrected chi connectivity index (χ4v) is 1.10. The van der Waals surface area contributed by atoms with Crippen molar-refractivity contribution in [2.24, 2.45) is 10.9 Å². The fourth-order valence-electron chi connectivity index (χ4n) is 1.10. The largest absolute Gasteiger partial charge is 0.483 e. The maximum absolute atomic E-state index is 11.5. The summed E-state index contributed by atoms with van der Waals surface area (Å²) in [5.74, 6) is 0.392. The van der Waals surface area contributed by atoms with E-state index < -0.39 is 0 Å². The number of carbonyl (C=O) groups excluding carboxylic acids is 1. The average Bonchev–Trinajstić information content (AvgIpc) is 2.37. The van der Waals surface area contributed by atoms with Crippen LogP contribution in [-0.2, 0) is 0 Å². The van der Waals surface area contributed by atoms with Crippen LogP contribution in [0.25, 0.3) is 0 Å². The van der Waals surface area contributed by atoms with Crippen molar-refractivity contribution < 1.29 is 14.7 Å². The minimum Gasteiger partial charge on any atom is -0.483 e. The van der Waals surface area contributed by atoms with Gasteiger partial charge in [0.25, 0.3) is 0 Å². The zero-order chi connectivity index (χ0) is 13.5. The smallest absolute Gasteiger partial charge is 0.321 e. The number of urea groups is 1. The fraction of sp³-hybridized carbons (Fsp3) is 0.273. The molecule has 0 bridgehead atoms. The Labute approximate surface area is 105 Å². The number of nitrogens with two attached hydrogens (primary N) is 1. The number of amidine groups is 1. The van der Waals surface area contributed by atoms with Gasteiger partial charge in [-0.15, -0.1) is 0 Å². The molecule has 0 saturated heterocycles. The molecule has 0 fully saturated rings. The highest BCUT2D eigenvalue weighted by Crippen LogP contribution is 2.23. The van der Waals surface area contributed by atoms with Gasteiger partial charge in [-0.05, 0) is 12.1 Å². The van der Waals surface area contributed by atoms with Crippen LogP contribution in [0.5, 0.6) is 5.75 Å². The van der Waals surface area contributed by atoms with E-state index in [2.05, 4.69) is 10.5 Å². The summed E-state index contributed by atoms with van der Waals surface area (Å²) in [5, 5.41) is 13.9. The van der Waals surface area contributed by atoms with Crippen LogP contribution in [0, 0.1) is 0 Å². The van der Waals surface area contributed by atoms with Crippen LogP contribution in [-0.4, -0.2) is 42.7 Å². The molecule has 1 aromatic rings. The summed E-state index contributed by atoms with van der Waals surface area (Å²) in [5.41, 5.74) is 5.82. The summed E-state index contributed by atoms with van der Waals surface area (Å²) in [6.07, 6.45) is 0. The highest BCUT2D eigenvalue weighted by Gasteiger charge is 2.09. The van der Waals surface area contributed by atoms with Crippen molar-refractivity contribution in [3.63, 3.8) is 0 Å². The first kappa shape index (κ1) is 13.6. The van der Waals surface area contributed by atoms with E-state index in [0.717, 1.165) is 0 Å². The van der Waals surface area contributed by atoms with Crippen LogP contribution < -0.4 is 15.8 Å². The Bertz CT molecular complexity index is 446. The number of oxime groups is 1. The van der Waals surface area contributed by atoms with Gasteiger partial charge in [-0.1, -0.05) is 17.3 Å². The van der Waals surface area contributed by atoms with E-state index in [1.165, 1.54) is 4.90 Å². The second-order valence-corrected chi connectivity index (χ2v) is 3.70. The van der Waals surface area contributed by atoms with Gasteiger partial charge in [0.15, 0.2) is 5.84 Å². The van der Waals surface area contributed by atoms with Crippen LogP contribution in [0.1, 0.15) is 0 Å². The Kier molecular flexibility index (Phi) is 4.79. The molecule has 0 heterocycles. The van der Waals surface area contributed by atoms with Gasteiger partial charge >= 0.3 is 6.03 Å². The van der Waals surface area contributed by atoms with Gasteiger partial charge in [-0.3, -0.25) is 0 Å². The summed E-state index contributed by atoms with van der Waals surface area (Å²) >= 11 is 0. The molecule has 0 aliphatic heterocycles. The lowest BCUT2D eigenvalue weighted by Crippen LogP contribution is -2.28. The number of para-hydroxylation sites is 2. The Morgan fingerprint density at radius 2 is 2.17 bits per heavy atom. The zero-order valence-corrected chi connectivity index (χ0v) is 10.3. The summed E-state index contributed by atoms with van der Waals surface area (Å²) in [6, 6.07) is 6.63. The number of hydrogen-bond acceptors (Lipinski definition) is 4. The average molecular weight is 252 g/mol. The van der Waals surface area contributed by atoms with E-state index in [9.17, 15) is 4.79 Å².